The third-order valence-corrected chi connectivity index (χ3v) is 5.99. The summed E-state index contributed by atoms with van der Waals surface area (Å²) in [6.07, 6.45) is 0. The molecule has 0 N–H and O–H groups in total. The van der Waals surface area contributed by atoms with Gasteiger partial charge in [-0.3, -0.25) is 0 Å². The van der Waals surface area contributed by atoms with Crippen LogP contribution in [0.3, 0.4) is 0 Å². The van der Waals surface area contributed by atoms with Crippen LogP contribution in [0.2, 0.25) is 0 Å². The Labute approximate surface area is 94.7 Å². The Morgan fingerprint density at radius 3 is 2.31 bits per heavy atom. The van der Waals surface area contributed by atoms with Crippen molar-refractivity contribution in [3.8, 4) is 0 Å². The normalized spacial score (nSPS) is 11.0. The van der Waals surface area contributed by atoms with Gasteiger partial charge in [-0.25, -0.2) is 0 Å². The highest BCUT2D eigenvalue weighted by molar-refractivity contribution is 9.49. The molecule has 2 rings (SSSR count). The highest BCUT2D eigenvalue weighted by Gasteiger charge is 2.07. The van der Waals surface area contributed by atoms with Crippen molar-refractivity contribution in [3.63, 3.8) is 0 Å². The predicted molar refractivity (Wildman–Crippen MR) is 68.6 cm³/mol. The SMILES string of the molecule is Br[SiH](Br)c1cccc2ccccc12. The third kappa shape index (κ3) is 1.87. The molecule has 13 heavy (non-hydrogen) atoms. The molecule has 0 heterocycles. The molecule has 2 aromatic carbocycles. The molecular weight excluding hydrogens is 308 g/mol. The van der Waals surface area contributed by atoms with E-state index in [1.807, 2.05) is 0 Å². The molecule has 0 aliphatic carbocycles. The zero-order valence-electron chi connectivity index (χ0n) is 6.87. The second-order valence-corrected chi connectivity index (χ2v) is 13.3. The van der Waals surface area contributed by atoms with E-state index in [1.165, 1.54) is 16.0 Å². The lowest BCUT2D eigenvalue weighted by molar-refractivity contribution is 1.78. The number of hydrogen-bond acceptors (Lipinski definition) is 0. The van der Waals surface area contributed by atoms with Gasteiger partial charge in [-0.1, -0.05) is 42.5 Å². The molecule has 0 nitrogen and oxygen atoms in total. The van der Waals surface area contributed by atoms with E-state index in [4.69, 9.17) is 0 Å². The van der Waals surface area contributed by atoms with Gasteiger partial charge in [0.15, 0.2) is 0 Å². The van der Waals surface area contributed by atoms with Crippen molar-refractivity contribution in [3.05, 3.63) is 42.5 Å². The van der Waals surface area contributed by atoms with Crippen LogP contribution < -0.4 is 5.19 Å². The maximum atomic E-state index is 3.66. The summed E-state index contributed by atoms with van der Waals surface area (Å²) in [4.78, 5) is 0. The van der Waals surface area contributed by atoms with E-state index in [2.05, 4.69) is 73.0 Å². The summed E-state index contributed by atoms with van der Waals surface area (Å²) in [5.41, 5.74) is 0. The van der Waals surface area contributed by atoms with Gasteiger partial charge < -0.3 is 0 Å². The Balaban J connectivity index is 2.76. The number of hydrogen-bond donors (Lipinski definition) is 0. The second-order valence-electron chi connectivity index (χ2n) is 2.87. The summed E-state index contributed by atoms with van der Waals surface area (Å²) >= 11 is 7.32. The molecule has 0 fully saturated rings. The Morgan fingerprint density at radius 1 is 0.846 bits per heavy atom. The molecule has 66 valence electrons. The molecule has 0 bridgehead atoms. The molecular formula is C10H8Br2Si. The van der Waals surface area contributed by atoms with E-state index >= 15 is 0 Å². The fourth-order valence-electron chi connectivity index (χ4n) is 1.44. The van der Waals surface area contributed by atoms with Gasteiger partial charge >= 0.3 is 0 Å². The van der Waals surface area contributed by atoms with Crippen molar-refractivity contribution in [1.29, 1.82) is 0 Å². The Morgan fingerprint density at radius 2 is 1.54 bits per heavy atom. The van der Waals surface area contributed by atoms with Crippen molar-refractivity contribution in [2.75, 3.05) is 0 Å². The molecule has 0 amide bonds. The minimum atomic E-state index is -1.05. The summed E-state index contributed by atoms with van der Waals surface area (Å²) in [5.74, 6) is 0. The van der Waals surface area contributed by atoms with E-state index < -0.39 is 6.04 Å². The number of fused-ring (bicyclic) bond motifs is 1. The van der Waals surface area contributed by atoms with Gasteiger partial charge in [-0.05, 0) is 16.0 Å². The molecule has 0 radical (unpaired) electrons. The smallest absolute Gasteiger partial charge is 0.109 e. The lowest BCUT2D eigenvalue weighted by Gasteiger charge is -2.05. The van der Waals surface area contributed by atoms with Gasteiger partial charge in [0.05, 0.1) is 0 Å². The molecule has 0 spiro atoms. The van der Waals surface area contributed by atoms with Crippen molar-refractivity contribution in [2.45, 2.75) is 0 Å². The van der Waals surface area contributed by atoms with Crippen LogP contribution in [-0.2, 0) is 0 Å². The fraction of sp³-hybridized carbons (Fsp3) is 0. The summed E-state index contributed by atoms with van der Waals surface area (Å²) in [6.45, 7) is 0. The van der Waals surface area contributed by atoms with Crippen LogP contribution in [0.15, 0.2) is 42.5 Å². The monoisotopic (exact) mass is 314 g/mol. The van der Waals surface area contributed by atoms with Gasteiger partial charge in [0.1, 0.15) is 0 Å². The summed E-state index contributed by atoms with van der Waals surface area (Å²) in [7, 11) is 0. The zero-order chi connectivity index (χ0) is 9.26. The molecule has 3 heteroatoms. The molecule has 0 saturated carbocycles. The van der Waals surface area contributed by atoms with E-state index in [1.54, 1.807) is 0 Å². The molecule has 0 atom stereocenters. The average Bonchev–Trinajstić information content (AvgIpc) is 2.17. The van der Waals surface area contributed by atoms with Crippen LogP contribution >= 0.6 is 30.6 Å². The molecule has 0 saturated heterocycles. The highest BCUT2D eigenvalue weighted by atomic mass is 79.9. The summed E-state index contributed by atoms with van der Waals surface area (Å²) in [6, 6.07) is 13.9. The quantitative estimate of drug-likeness (QED) is 0.560. The number of rotatable bonds is 1. The van der Waals surface area contributed by atoms with Crippen molar-refractivity contribution in [1.82, 2.24) is 0 Å². The lowest BCUT2D eigenvalue weighted by Crippen LogP contribution is -2.17. The van der Waals surface area contributed by atoms with Crippen molar-refractivity contribution < 1.29 is 0 Å². The standard InChI is InChI=1S/C10H8Br2Si/c11-13(12)10-7-3-5-8-4-1-2-6-9(8)10/h1-7,13H. The summed E-state index contributed by atoms with van der Waals surface area (Å²) in [5, 5.41) is 4.09. The first kappa shape index (κ1) is 9.43. The molecule has 0 unspecified atom stereocenters. The molecule has 2 aromatic rings. The second kappa shape index (κ2) is 3.94. The maximum absolute atomic E-state index is 3.66. The average molecular weight is 316 g/mol. The third-order valence-electron chi connectivity index (χ3n) is 2.06. The minimum absolute atomic E-state index is 1.05. The van der Waals surface area contributed by atoms with Crippen LogP contribution in [0, 0.1) is 0 Å². The first-order chi connectivity index (χ1) is 6.29. The topological polar surface area (TPSA) is 0 Å². The Kier molecular flexibility index (Phi) is 2.86. The first-order valence-electron chi connectivity index (χ1n) is 4.05. The van der Waals surface area contributed by atoms with E-state index in [-0.39, 0.29) is 0 Å². The van der Waals surface area contributed by atoms with Crippen LogP contribution in [0.1, 0.15) is 0 Å². The number of benzene rings is 2. The van der Waals surface area contributed by atoms with Crippen LogP contribution in [0.4, 0.5) is 0 Å². The number of halogens is 2. The summed E-state index contributed by atoms with van der Waals surface area (Å²) < 4.78 is 0. The molecule has 0 aromatic heterocycles. The van der Waals surface area contributed by atoms with Crippen LogP contribution in [0.25, 0.3) is 10.8 Å². The zero-order valence-corrected chi connectivity index (χ0v) is 11.2. The van der Waals surface area contributed by atoms with Gasteiger partial charge in [0.25, 0.3) is 0 Å². The Hall–Kier alpha value is -0.123. The lowest BCUT2D eigenvalue weighted by atomic mass is 10.1. The largest absolute Gasteiger partial charge is 0.216 e. The van der Waals surface area contributed by atoms with Gasteiger partial charge in [-0.15, -0.1) is 30.6 Å². The predicted octanol–water partition coefficient (Wildman–Crippen LogP) is 3.06. The molecule has 0 aliphatic rings. The molecule has 0 aliphatic heterocycles. The van der Waals surface area contributed by atoms with E-state index in [0.717, 1.165) is 0 Å². The fourth-order valence-corrected chi connectivity index (χ4v) is 4.59. The maximum Gasteiger partial charge on any atom is 0.216 e. The Bertz CT molecular complexity index is 421. The van der Waals surface area contributed by atoms with Crippen LogP contribution in [-0.4, -0.2) is 6.04 Å². The van der Waals surface area contributed by atoms with Crippen LogP contribution in [0.5, 0.6) is 0 Å². The minimum Gasteiger partial charge on any atom is -0.109 e. The first-order valence-corrected chi connectivity index (χ1v) is 11.0. The van der Waals surface area contributed by atoms with E-state index in [9.17, 15) is 0 Å². The highest BCUT2D eigenvalue weighted by Crippen LogP contribution is 2.14. The van der Waals surface area contributed by atoms with Gasteiger partial charge in [0, 0.05) is 0 Å². The van der Waals surface area contributed by atoms with Crippen molar-refractivity contribution in [2.24, 2.45) is 0 Å². The van der Waals surface area contributed by atoms with Gasteiger partial charge in [0.2, 0.25) is 6.04 Å². The van der Waals surface area contributed by atoms with E-state index in [0.29, 0.717) is 0 Å². The van der Waals surface area contributed by atoms with Crippen molar-refractivity contribution >= 4 is 52.6 Å². The van der Waals surface area contributed by atoms with Gasteiger partial charge in [-0.2, -0.15) is 0 Å².